The summed E-state index contributed by atoms with van der Waals surface area (Å²) in [5, 5.41) is 4.72. The Kier molecular flexibility index (Phi) is 3.95. The van der Waals surface area contributed by atoms with Crippen LogP contribution >= 0.6 is 11.3 Å². The predicted molar refractivity (Wildman–Crippen MR) is 66.8 cm³/mol. The predicted octanol–water partition coefficient (Wildman–Crippen LogP) is 2.27. The summed E-state index contributed by atoms with van der Waals surface area (Å²) >= 11 is 1.78. The summed E-state index contributed by atoms with van der Waals surface area (Å²) in [5.41, 5.74) is 1.20. The van der Waals surface area contributed by atoms with Gasteiger partial charge in [0.05, 0.1) is 17.3 Å². The average Bonchev–Trinajstić information content (AvgIpc) is 2.84. The first-order chi connectivity index (χ1) is 7.66. The molecule has 0 amide bonds. The average molecular weight is 240 g/mol. The van der Waals surface area contributed by atoms with Gasteiger partial charge in [0.15, 0.2) is 0 Å². The second-order valence-corrected chi connectivity index (χ2v) is 5.94. The maximum atomic E-state index is 5.40. The van der Waals surface area contributed by atoms with Crippen molar-refractivity contribution in [2.24, 2.45) is 5.92 Å². The molecule has 3 nitrogen and oxygen atoms in total. The van der Waals surface area contributed by atoms with E-state index in [1.165, 1.54) is 17.0 Å². The van der Waals surface area contributed by atoms with Gasteiger partial charge in [-0.2, -0.15) is 0 Å². The van der Waals surface area contributed by atoms with Crippen molar-refractivity contribution in [3.63, 3.8) is 0 Å². The van der Waals surface area contributed by atoms with Gasteiger partial charge in [0.1, 0.15) is 0 Å². The molecule has 1 aromatic rings. The van der Waals surface area contributed by atoms with Crippen LogP contribution < -0.4 is 5.32 Å². The number of aromatic nitrogens is 1. The number of rotatable bonds is 4. The van der Waals surface area contributed by atoms with E-state index in [1.807, 2.05) is 0 Å². The fourth-order valence-corrected chi connectivity index (χ4v) is 2.94. The number of hydrogen-bond donors (Lipinski definition) is 1. The molecule has 0 aliphatic carbocycles. The molecule has 2 rings (SSSR count). The molecule has 2 heterocycles. The van der Waals surface area contributed by atoms with E-state index in [0.29, 0.717) is 12.0 Å². The summed E-state index contributed by atoms with van der Waals surface area (Å²) in [7, 11) is 0. The Balaban J connectivity index is 1.84. The lowest BCUT2D eigenvalue weighted by Gasteiger charge is -2.18. The van der Waals surface area contributed by atoms with Crippen LogP contribution in [-0.4, -0.2) is 24.2 Å². The minimum atomic E-state index is 0.518. The molecule has 0 aromatic carbocycles. The van der Waals surface area contributed by atoms with Crippen molar-refractivity contribution in [1.29, 1.82) is 0 Å². The lowest BCUT2D eigenvalue weighted by Crippen LogP contribution is -2.33. The number of nitrogens with one attached hydrogen (secondary N) is 1. The molecule has 0 radical (unpaired) electrons. The fraction of sp³-hybridized carbons (Fsp3) is 0.750. The van der Waals surface area contributed by atoms with Gasteiger partial charge in [-0.05, 0) is 33.1 Å². The molecule has 1 aliphatic rings. The van der Waals surface area contributed by atoms with Crippen molar-refractivity contribution in [3.05, 3.63) is 15.6 Å². The summed E-state index contributed by atoms with van der Waals surface area (Å²) in [4.78, 5) is 5.87. The van der Waals surface area contributed by atoms with Crippen LogP contribution in [0.25, 0.3) is 0 Å². The molecule has 1 saturated heterocycles. The van der Waals surface area contributed by atoms with Crippen LogP contribution in [0.2, 0.25) is 0 Å². The van der Waals surface area contributed by atoms with E-state index in [4.69, 9.17) is 4.74 Å². The molecule has 1 aromatic heterocycles. The zero-order valence-corrected chi connectivity index (χ0v) is 11.1. The Bertz CT molecular complexity index is 345. The van der Waals surface area contributed by atoms with E-state index >= 15 is 0 Å². The Morgan fingerprint density at radius 2 is 2.38 bits per heavy atom. The fourth-order valence-electron chi connectivity index (χ4n) is 2.11. The lowest BCUT2D eigenvalue weighted by atomic mass is 10.0. The number of hydrogen-bond acceptors (Lipinski definition) is 4. The van der Waals surface area contributed by atoms with E-state index in [-0.39, 0.29) is 0 Å². The van der Waals surface area contributed by atoms with Crippen molar-refractivity contribution < 1.29 is 4.74 Å². The molecular formula is C12H20N2OS. The van der Waals surface area contributed by atoms with Crippen molar-refractivity contribution in [2.75, 3.05) is 13.2 Å². The number of nitrogens with zero attached hydrogens (tertiary/aromatic N) is 1. The molecule has 0 saturated carbocycles. The topological polar surface area (TPSA) is 34.2 Å². The Morgan fingerprint density at radius 1 is 1.56 bits per heavy atom. The molecule has 90 valence electrons. The molecule has 1 N–H and O–H groups in total. The quantitative estimate of drug-likeness (QED) is 0.876. The van der Waals surface area contributed by atoms with Crippen molar-refractivity contribution in [1.82, 2.24) is 10.3 Å². The summed E-state index contributed by atoms with van der Waals surface area (Å²) in [6.07, 6.45) is 1.18. The van der Waals surface area contributed by atoms with Crippen molar-refractivity contribution in [2.45, 2.75) is 39.8 Å². The largest absolute Gasteiger partial charge is 0.381 e. The highest BCUT2D eigenvalue weighted by Crippen LogP contribution is 2.19. The van der Waals surface area contributed by atoms with Crippen LogP contribution in [0.15, 0.2) is 0 Å². The van der Waals surface area contributed by atoms with Gasteiger partial charge < -0.3 is 10.1 Å². The third-order valence-corrected chi connectivity index (χ3v) is 4.19. The van der Waals surface area contributed by atoms with Crippen molar-refractivity contribution in [3.8, 4) is 0 Å². The number of ether oxygens (including phenoxy) is 1. The lowest BCUT2D eigenvalue weighted by molar-refractivity contribution is 0.178. The standard InChI is InChI=1S/C12H20N2OS/c1-8(11-4-5-15-7-11)13-6-12-9(2)16-10(3)14-12/h8,11,13H,4-7H2,1-3H3. The van der Waals surface area contributed by atoms with Gasteiger partial charge in [0, 0.05) is 24.1 Å². The second kappa shape index (κ2) is 5.25. The van der Waals surface area contributed by atoms with Crippen LogP contribution in [0.1, 0.15) is 28.9 Å². The molecule has 2 atom stereocenters. The molecule has 1 aliphatic heterocycles. The van der Waals surface area contributed by atoms with Crippen LogP contribution in [0, 0.1) is 19.8 Å². The molecule has 0 bridgehead atoms. The van der Waals surface area contributed by atoms with Crippen molar-refractivity contribution >= 4 is 11.3 Å². The third kappa shape index (κ3) is 2.81. The van der Waals surface area contributed by atoms with Gasteiger partial charge in [-0.15, -0.1) is 11.3 Å². The molecule has 2 unspecified atom stereocenters. The maximum Gasteiger partial charge on any atom is 0.0900 e. The first-order valence-electron chi connectivity index (χ1n) is 5.91. The maximum absolute atomic E-state index is 5.40. The zero-order valence-electron chi connectivity index (χ0n) is 10.2. The Labute approximate surface area is 101 Å². The monoisotopic (exact) mass is 240 g/mol. The summed E-state index contributed by atoms with van der Waals surface area (Å²) in [6.45, 7) is 9.16. The van der Waals surface area contributed by atoms with E-state index in [1.54, 1.807) is 11.3 Å². The molecule has 1 fully saturated rings. The first kappa shape index (κ1) is 12.0. The molecular weight excluding hydrogens is 220 g/mol. The number of thiazole rings is 1. The summed E-state index contributed by atoms with van der Waals surface area (Å²) < 4.78 is 5.40. The minimum Gasteiger partial charge on any atom is -0.381 e. The molecule has 4 heteroatoms. The van der Waals surface area contributed by atoms with E-state index < -0.39 is 0 Å². The van der Waals surface area contributed by atoms with Gasteiger partial charge in [0.25, 0.3) is 0 Å². The van der Waals surface area contributed by atoms with Gasteiger partial charge >= 0.3 is 0 Å². The number of aryl methyl sites for hydroxylation is 2. The van der Waals surface area contributed by atoms with Crippen LogP contribution in [0.3, 0.4) is 0 Å². The second-order valence-electron chi connectivity index (χ2n) is 4.53. The van der Waals surface area contributed by atoms with Gasteiger partial charge in [-0.1, -0.05) is 0 Å². The van der Waals surface area contributed by atoms with Crippen LogP contribution in [0.5, 0.6) is 0 Å². The minimum absolute atomic E-state index is 0.518. The normalized spacial score (nSPS) is 22.6. The summed E-state index contributed by atoms with van der Waals surface area (Å²) in [6, 6.07) is 0.518. The SMILES string of the molecule is Cc1nc(CNC(C)C2CCOC2)c(C)s1. The Morgan fingerprint density at radius 3 is 2.94 bits per heavy atom. The highest BCUT2D eigenvalue weighted by Gasteiger charge is 2.22. The van der Waals surface area contributed by atoms with E-state index in [0.717, 1.165) is 24.8 Å². The van der Waals surface area contributed by atoms with Crippen LogP contribution in [0.4, 0.5) is 0 Å². The highest BCUT2D eigenvalue weighted by atomic mass is 32.1. The highest BCUT2D eigenvalue weighted by molar-refractivity contribution is 7.11. The third-order valence-electron chi connectivity index (χ3n) is 3.26. The van der Waals surface area contributed by atoms with E-state index in [2.05, 4.69) is 31.1 Å². The van der Waals surface area contributed by atoms with E-state index in [9.17, 15) is 0 Å². The summed E-state index contributed by atoms with van der Waals surface area (Å²) in [5.74, 6) is 0.667. The first-order valence-corrected chi connectivity index (χ1v) is 6.72. The van der Waals surface area contributed by atoms with Gasteiger partial charge in [-0.3, -0.25) is 0 Å². The van der Waals surface area contributed by atoms with Gasteiger partial charge in [-0.25, -0.2) is 4.98 Å². The van der Waals surface area contributed by atoms with Crippen LogP contribution in [-0.2, 0) is 11.3 Å². The smallest absolute Gasteiger partial charge is 0.0900 e. The molecule has 0 spiro atoms. The Hall–Kier alpha value is -0.450. The van der Waals surface area contributed by atoms with Gasteiger partial charge in [0.2, 0.25) is 0 Å². The molecule has 16 heavy (non-hydrogen) atoms. The zero-order chi connectivity index (χ0) is 11.5.